The summed E-state index contributed by atoms with van der Waals surface area (Å²) in [4.78, 5) is 29.3. The number of methoxy groups -OCH3 is 1. The first kappa shape index (κ1) is 21.5. The maximum absolute atomic E-state index is 14.0. The smallest absolute Gasteiger partial charge is 0.268 e. The van der Waals surface area contributed by atoms with Gasteiger partial charge in [0.15, 0.2) is 4.87 Å². The minimum absolute atomic E-state index is 0.186. The summed E-state index contributed by atoms with van der Waals surface area (Å²) in [7, 11) is 1.54. The lowest BCUT2D eigenvalue weighted by atomic mass is 10.0. The summed E-state index contributed by atoms with van der Waals surface area (Å²) in [5.41, 5.74) is 2.26. The van der Waals surface area contributed by atoms with Gasteiger partial charge in [0.1, 0.15) is 17.4 Å². The second-order valence-electron chi connectivity index (χ2n) is 7.86. The molecule has 8 heteroatoms. The van der Waals surface area contributed by atoms with E-state index in [1.807, 2.05) is 0 Å². The molecule has 2 amide bonds. The Balaban J connectivity index is 1.61. The molecular weight excluding hydrogens is 446 g/mol. The Morgan fingerprint density at radius 1 is 1.06 bits per heavy atom. The number of hydrogen-bond donors (Lipinski definition) is 0. The summed E-state index contributed by atoms with van der Waals surface area (Å²) >= 11 is 1.38. The van der Waals surface area contributed by atoms with Gasteiger partial charge in [-0.1, -0.05) is 18.2 Å². The molecule has 2 heterocycles. The van der Waals surface area contributed by atoms with Gasteiger partial charge in [-0.15, -0.1) is 11.8 Å². The zero-order valence-corrected chi connectivity index (χ0v) is 18.6. The lowest BCUT2D eigenvalue weighted by molar-refractivity contribution is -0.123. The van der Waals surface area contributed by atoms with Crippen LogP contribution in [0.1, 0.15) is 21.5 Å². The molecule has 5 rings (SSSR count). The second-order valence-corrected chi connectivity index (χ2v) is 9.15. The van der Waals surface area contributed by atoms with Crippen molar-refractivity contribution >= 4 is 29.3 Å². The van der Waals surface area contributed by atoms with Crippen molar-refractivity contribution in [2.24, 2.45) is 0 Å². The number of ether oxygens (including phenoxy) is 1. The third kappa shape index (κ3) is 3.45. The molecule has 168 valence electrons. The number of rotatable bonds is 4. The molecule has 1 saturated heterocycles. The Labute approximate surface area is 193 Å². The van der Waals surface area contributed by atoms with Crippen molar-refractivity contribution in [1.29, 1.82) is 0 Å². The maximum Gasteiger partial charge on any atom is 0.268 e. The number of benzene rings is 3. The third-order valence-electron chi connectivity index (χ3n) is 5.97. The monoisotopic (exact) mass is 466 g/mol. The van der Waals surface area contributed by atoms with Gasteiger partial charge < -0.3 is 14.5 Å². The van der Waals surface area contributed by atoms with Crippen LogP contribution in [0.4, 0.5) is 14.5 Å². The second kappa shape index (κ2) is 8.19. The normalized spacial score (nSPS) is 19.3. The van der Waals surface area contributed by atoms with Crippen molar-refractivity contribution in [1.82, 2.24) is 4.90 Å². The van der Waals surface area contributed by atoms with Gasteiger partial charge in [-0.25, -0.2) is 8.78 Å². The molecule has 0 N–H and O–H groups in total. The van der Waals surface area contributed by atoms with Crippen LogP contribution in [-0.4, -0.2) is 36.1 Å². The van der Waals surface area contributed by atoms with E-state index in [0.29, 0.717) is 29.3 Å². The van der Waals surface area contributed by atoms with Crippen LogP contribution in [0.3, 0.4) is 0 Å². The van der Waals surface area contributed by atoms with Crippen LogP contribution in [0.25, 0.3) is 0 Å². The fraction of sp³-hybridized carbons (Fsp3) is 0.200. The van der Waals surface area contributed by atoms with E-state index in [0.717, 1.165) is 5.56 Å². The highest BCUT2D eigenvalue weighted by Gasteiger charge is 2.59. The van der Waals surface area contributed by atoms with E-state index in [-0.39, 0.29) is 23.8 Å². The first-order valence-corrected chi connectivity index (χ1v) is 11.4. The van der Waals surface area contributed by atoms with E-state index in [4.69, 9.17) is 4.74 Å². The quantitative estimate of drug-likeness (QED) is 0.566. The molecule has 1 unspecified atom stereocenters. The van der Waals surface area contributed by atoms with Crippen LogP contribution in [0.2, 0.25) is 0 Å². The van der Waals surface area contributed by atoms with E-state index in [1.54, 1.807) is 48.4 Å². The van der Waals surface area contributed by atoms with Gasteiger partial charge >= 0.3 is 0 Å². The van der Waals surface area contributed by atoms with Crippen LogP contribution in [0.15, 0.2) is 66.7 Å². The molecule has 1 atom stereocenters. The summed E-state index contributed by atoms with van der Waals surface area (Å²) < 4.78 is 32.6. The Morgan fingerprint density at radius 2 is 1.85 bits per heavy atom. The summed E-state index contributed by atoms with van der Waals surface area (Å²) in [6.07, 6.45) is 0. The molecule has 0 radical (unpaired) electrons. The molecule has 2 aliphatic rings. The zero-order chi connectivity index (χ0) is 23.2. The number of anilines is 1. The van der Waals surface area contributed by atoms with Crippen molar-refractivity contribution in [3.05, 3.63) is 95.1 Å². The van der Waals surface area contributed by atoms with Crippen LogP contribution >= 0.6 is 11.8 Å². The first-order valence-electron chi connectivity index (χ1n) is 10.4. The van der Waals surface area contributed by atoms with Gasteiger partial charge in [-0.05, 0) is 54.1 Å². The first-order chi connectivity index (χ1) is 15.9. The molecule has 1 fully saturated rings. The van der Waals surface area contributed by atoms with E-state index in [2.05, 4.69) is 0 Å². The van der Waals surface area contributed by atoms with Crippen LogP contribution in [0, 0.1) is 11.6 Å². The molecule has 0 saturated carbocycles. The largest absolute Gasteiger partial charge is 0.497 e. The molecule has 2 aliphatic heterocycles. The SMILES string of the molecule is COc1ccc2c(c1)C1(SCCN1C(=O)c1cccc(F)c1)C(=O)N2Cc1ccc(F)cc1. The number of carbonyl (C=O) groups excluding carboxylic acids is 2. The Morgan fingerprint density at radius 3 is 2.58 bits per heavy atom. The number of amides is 2. The minimum Gasteiger partial charge on any atom is -0.497 e. The maximum atomic E-state index is 14.0. The van der Waals surface area contributed by atoms with Crippen molar-refractivity contribution in [2.75, 3.05) is 24.3 Å². The number of hydrogen-bond acceptors (Lipinski definition) is 4. The highest BCUT2D eigenvalue weighted by molar-refractivity contribution is 8.01. The number of thioether (sulfide) groups is 1. The lowest BCUT2D eigenvalue weighted by Crippen LogP contribution is -2.50. The van der Waals surface area contributed by atoms with Gasteiger partial charge in [0.2, 0.25) is 0 Å². The number of halogens is 2. The molecule has 5 nitrogen and oxygen atoms in total. The van der Waals surface area contributed by atoms with E-state index >= 15 is 0 Å². The minimum atomic E-state index is -1.28. The van der Waals surface area contributed by atoms with Gasteiger partial charge in [0.05, 0.1) is 19.3 Å². The fourth-order valence-corrected chi connectivity index (χ4v) is 5.88. The average molecular weight is 467 g/mol. The molecule has 0 aliphatic carbocycles. The summed E-state index contributed by atoms with van der Waals surface area (Å²) in [6.45, 7) is 0.565. The van der Waals surface area contributed by atoms with E-state index in [9.17, 15) is 18.4 Å². The van der Waals surface area contributed by atoms with Crippen LogP contribution < -0.4 is 9.64 Å². The van der Waals surface area contributed by atoms with Gasteiger partial charge in [-0.3, -0.25) is 9.59 Å². The van der Waals surface area contributed by atoms with Crippen LogP contribution in [-0.2, 0) is 16.2 Å². The highest BCUT2D eigenvalue weighted by atomic mass is 32.2. The predicted molar refractivity (Wildman–Crippen MR) is 122 cm³/mol. The van der Waals surface area contributed by atoms with Gasteiger partial charge in [0.25, 0.3) is 11.8 Å². The van der Waals surface area contributed by atoms with Crippen molar-refractivity contribution in [2.45, 2.75) is 11.4 Å². The summed E-state index contributed by atoms with van der Waals surface area (Å²) in [6, 6.07) is 16.8. The standard InChI is InChI=1S/C25H20F2N2O3S/c1-32-20-9-10-22-21(14-20)25(24(31)28(22)15-16-5-7-18(26)8-6-16)29(11-12-33-25)23(30)17-3-2-4-19(27)13-17/h2-10,13-14H,11-12,15H2,1H3. The molecule has 33 heavy (non-hydrogen) atoms. The Bertz CT molecular complexity index is 1250. The van der Waals surface area contributed by atoms with Gasteiger partial charge in [0, 0.05) is 23.4 Å². The fourth-order valence-electron chi connectivity index (χ4n) is 4.43. The topological polar surface area (TPSA) is 49.9 Å². The average Bonchev–Trinajstić information content (AvgIpc) is 3.36. The molecular formula is C25H20F2N2O3S. The Kier molecular flexibility index (Phi) is 5.32. The Hall–Kier alpha value is -3.39. The molecule has 0 aromatic heterocycles. The molecule has 3 aromatic rings. The van der Waals surface area contributed by atoms with Crippen molar-refractivity contribution in [3.8, 4) is 5.75 Å². The summed E-state index contributed by atoms with van der Waals surface area (Å²) in [5.74, 6) is -0.429. The predicted octanol–water partition coefficient (Wildman–Crippen LogP) is 4.56. The number of fused-ring (bicyclic) bond motifs is 2. The van der Waals surface area contributed by atoms with Crippen molar-refractivity contribution < 1.29 is 23.1 Å². The van der Waals surface area contributed by atoms with Crippen molar-refractivity contribution in [3.63, 3.8) is 0 Å². The number of carbonyl (C=O) groups is 2. The third-order valence-corrected chi connectivity index (χ3v) is 7.39. The highest BCUT2D eigenvalue weighted by Crippen LogP contribution is 2.55. The van der Waals surface area contributed by atoms with E-state index in [1.165, 1.54) is 47.0 Å². The van der Waals surface area contributed by atoms with E-state index < -0.39 is 16.6 Å². The van der Waals surface area contributed by atoms with Crippen LogP contribution in [0.5, 0.6) is 5.75 Å². The molecule has 0 bridgehead atoms. The van der Waals surface area contributed by atoms with Gasteiger partial charge in [-0.2, -0.15) is 0 Å². The molecule has 3 aromatic carbocycles. The lowest BCUT2D eigenvalue weighted by Gasteiger charge is -2.33. The molecule has 1 spiro atoms. The number of nitrogens with zero attached hydrogens (tertiary/aromatic N) is 2. The zero-order valence-electron chi connectivity index (χ0n) is 17.8. The summed E-state index contributed by atoms with van der Waals surface area (Å²) in [5, 5.41) is 0.